The zero-order valence-electron chi connectivity index (χ0n) is 16.9. The molecule has 0 fully saturated rings. The van der Waals surface area contributed by atoms with Crippen LogP contribution in [0.1, 0.15) is 58.1 Å². The normalized spacial score (nSPS) is 15.5. The number of nitrogens with zero attached hydrogens (tertiary/aromatic N) is 2. The van der Waals surface area contributed by atoms with E-state index >= 15 is 0 Å². The Morgan fingerprint density at radius 2 is 2.14 bits per heavy atom. The maximum Gasteiger partial charge on any atom is 0.253 e. The van der Waals surface area contributed by atoms with Crippen molar-refractivity contribution in [3.8, 4) is 0 Å². The standard InChI is InChI=1S/C20H28N4O3S/c1-11(2)7-17(19(21)25)22-20(26)16-10-28-18-9-24(6-5-14(16)18)8-15-12(3)23-27-13(15)4/h10-11,17H,5-9H2,1-4H3,(H2,21,25)(H,22,26)/t17-/m0/s1. The molecule has 1 atom stereocenters. The van der Waals surface area contributed by atoms with Gasteiger partial charge in [0.2, 0.25) is 5.91 Å². The molecule has 0 bridgehead atoms. The van der Waals surface area contributed by atoms with Gasteiger partial charge in [-0.15, -0.1) is 11.3 Å². The van der Waals surface area contributed by atoms with Crippen molar-refractivity contribution in [3.63, 3.8) is 0 Å². The van der Waals surface area contributed by atoms with Gasteiger partial charge < -0.3 is 15.6 Å². The molecule has 2 amide bonds. The molecule has 0 aliphatic carbocycles. The predicted molar refractivity (Wildman–Crippen MR) is 108 cm³/mol. The van der Waals surface area contributed by atoms with Gasteiger partial charge in [0.05, 0.1) is 11.3 Å². The lowest BCUT2D eigenvalue weighted by Crippen LogP contribution is -2.45. The Bertz CT molecular complexity index is 851. The van der Waals surface area contributed by atoms with Crippen LogP contribution < -0.4 is 11.1 Å². The Hall–Kier alpha value is -2.19. The summed E-state index contributed by atoms with van der Waals surface area (Å²) >= 11 is 1.60. The number of hydrogen-bond donors (Lipinski definition) is 2. The molecule has 1 aliphatic rings. The van der Waals surface area contributed by atoms with Gasteiger partial charge in [0.1, 0.15) is 11.8 Å². The molecule has 152 valence electrons. The molecule has 1 aliphatic heterocycles. The van der Waals surface area contributed by atoms with Crippen molar-refractivity contribution < 1.29 is 14.1 Å². The number of carbonyl (C=O) groups is 2. The molecule has 0 unspecified atom stereocenters. The smallest absolute Gasteiger partial charge is 0.253 e. The van der Waals surface area contributed by atoms with Crippen molar-refractivity contribution in [2.24, 2.45) is 11.7 Å². The second kappa shape index (κ2) is 8.45. The van der Waals surface area contributed by atoms with Crippen molar-refractivity contribution >= 4 is 23.2 Å². The van der Waals surface area contributed by atoms with Gasteiger partial charge in [-0.2, -0.15) is 0 Å². The summed E-state index contributed by atoms with van der Waals surface area (Å²) in [6, 6.07) is -0.636. The highest BCUT2D eigenvalue weighted by Gasteiger charge is 2.27. The summed E-state index contributed by atoms with van der Waals surface area (Å²) in [6.45, 7) is 10.3. The SMILES string of the molecule is Cc1noc(C)c1CN1CCc2c(C(=O)N[C@@H](CC(C)C)C(N)=O)csc2C1. The van der Waals surface area contributed by atoms with Crippen LogP contribution >= 0.6 is 11.3 Å². The second-order valence-corrected chi connectivity index (χ2v) is 8.84. The molecular formula is C20H28N4O3S. The molecule has 0 aromatic carbocycles. The lowest BCUT2D eigenvalue weighted by atomic mass is 10.0. The molecule has 0 saturated carbocycles. The third-order valence-electron chi connectivity index (χ3n) is 5.19. The molecule has 2 aromatic rings. The molecule has 3 N–H and O–H groups in total. The fourth-order valence-corrected chi connectivity index (χ4v) is 4.73. The Morgan fingerprint density at radius 3 is 2.75 bits per heavy atom. The first-order chi connectivity index (χ1) is 13.3. The summed E-state index contributed by atoms with van der Waals surface area (Å²) in [5, 5.41) is 8.74. The van der Waals surface area contributed by atoms with Gasteiger partial charge in [0.15, 0.2) is 0 Å². The first kappa shape index (κ1) is 20.5. The van der Waals surface area contributed by atoms with Crippen LogP contribution in [0.5, 0.6) is 0 Å². The van der Waals surface area contributed by atoms with E-state index < -0.39 is 11.9 Å². The van der Waals surface area contributed by atoms with Crippen LogP contribution in [0.25, 0.3) is 0 Å². The summed E-state index contributed by atoms with van der Waals surface area (Å²) in [4.78, 5) is 28.0. The number of amides is 2. The van der Waals surface area contributed by atoms with Crippen LogP contribution in [-0.2, 0) is 24.3 Å². The van der Waals surface area contributed by atoms with Gasteiger partial charge in [0.25, 0.3) is 5.91 Å². The number of hydrogen-bond acceptors (Lipinski definition) is 6. The summed E-state index contributed by atoms with van der Waals surface area (Å²) in [7, 11) is 0. The number of carbonyl (C=O) groups excluding carboxylic acids is 2. The van der Waals surface area contributed by atoms with E-state index in [1.54, 1.807) is 11.3 Å². The molecule has 0 spiro atoms. The van der Waals surface area contributed by atoms with E-state index in [1.165, 1.54) is 4.88 Å². The molecule has 3 heterocycles. The third kappa shape index (κ3) is 4.44. The van der Waals surface area contributed by atoms with Crippen LogP contribution in [0, 0.1) is 19.8 Å². The highest BCUT2D eigenvalue weighted by Crippen LogP contribution is 2.30. The van der Waals surface area contributed by atoms with Gasteiger partial charge in [-0.25, -0.2) is 0 Å². The Morgan fingerprint density at radius 1 is 1.39 bits per heavy atom. The van der Waals surface area contributed by atoms with Gasteiger partial charge in [-0.05, 0) is 38.2 Å². The van der Waals surface area contributed by atoms with Gasteiger partial charge in [0, 0.05) is 35.5 Å². The predicted octanol–water partition coefficient (Wildman–Crippen LogP) is 2.54. The second-order valence-electron chi connectivity index (χ2n) is 7.87. The quantitative estimate of drug-likeness (QED) is 0.738. The minimum atomic E-state index is -0.636. The van der Waals surface area contributed by atoms with Crippen molar-refractivity contribution in [3.05, 3.63) is 38.4 Å². The Labute approximate surface area is 169 Å². The topological polar surface area (TPSA) is 101 Å². The van der Waals surface area contributed by atoms with Gasteiger partial charge in [-0.1, -0.05) is 19.0 Å². The third-order valence-corrected chi connectivity index (χ3v) is 6.20. The summed E-state index contributed by atoms with van der Waals surface area (Å²) < 4.78 is 5.26. The maximum absolute atomic E-state index is 12.8. The first-order valence-electron chi connectivity index (χ1n) is 9.59. The average Bonchev–Trinajstić information content (AvgIpc) is 3.18. The summed E-state index contributed by atoms with van der Waals surface area (Å²) in [5.74, 6) is 0.433. The largest absolute Gasteiger partial charge is 0.368 e. The van der Waals surface area contributed by atoms with E-state index in [9.17, 15) is 9.59 Å². The number of thiophene rings is 1. The zero-order chi connectivity index (χ0) is 20.4. The van der Waals surface area contributed by atoms with Crippen molar-refractivity contribution in [2.45, 2.75) is 59.7 Å². The number of nitrogens with one attached hydrogen (secondary N) is 1. The molecule has 8 heteroatoms. The van der Waals surface area contributed by atoms with Crippen molar-refractivity contribution in [1.29, 1.82) is 0 Å². The number of primary amides is 1. The van der Waals surface area contributed by atoms with E-state index in [2.05, 4.69) is 15.4 Å². The summed E-state index contributed by atoms with van der Waals surface area (Å²) in [5.41, 5.74) is 9.29. The highest BCUT2D eigenvalue weighted by molar-refractivity contribution is 7.10. The number of nitrogens with two attached hydrogens (primary N) is 1. The number of rotatable bonds is 7. The molecule has 2 aromatic heterocycles. The minimum absolute atomic E-state index is 0.207. The molecule has 0 saturated heterocycles. The number of aryl methyl sites for hydroxylation is 2. The fraction of sp³-hybridized carbons (Fsp3) is 0.550. The van der Waals surface area contributed by atoms with Gasteiger partial charge >= 0.3 is 0 Å². The molecule has 0 radical (unpaired) electrons. The lowest BCUT2D eigenvalue weighted by Gasteiger charge is -2.27. The zero-order valence-corrected chi connectivity index (χ0v) is 17.7. The first-order valence-corrected chi connectivity index (χ1v) is 10.5. The minimum Gasteiger partial charge on any atom is -0.368 e. The molecule has 28 heavy (non-hydrogen) atoms. The average molecular weight is 405 g/mol. The van der Waals surface area contributed by atoms with Crippen LogP contribution in [0.15, 0.2) is 9.90 Å². The van der Waals surface area contributed by atoms with Crippen LogP contribution in [0.3, 0.4) is 0 Å². The van der Waals surface area contributed by atoms with E-state index in [1.807, 2.05) is 33.1 Å². The highest BCUT2D eigenvalue weighted by atomic mass is 32.1. The van der Waals surface area contributed by atoms with Crippen LogP contribution in [0.2, 0.25) is 0 Å². The number of aromatic nitrogens is 1. The van der Waals surface area contributed by atoms with Crippen molar-refractivity contribution in [1.82, 2.24) is 15.4 Å². The van der Waals surface area contributed by atoms with E-state index in [0.717, 1.165) is 48.6 Å². The van der Waals surface area contributed by atoms with E-state index in [-0.39, 0.29) is 11.8 Å². The number of fused-ring (bicyclic) bond motifs is 1. The Balaban J connectivity index is 1.69. The molecule has 7 nitrogen and oxygen atoms in total. The van der Waals surface area contributed by atoms with E-state index in [0.29, 0.717) is 12.0 Å². The maximum atomic E-state index is 12.8. The lowest BCUT2D eigenvalue weighted by molar-refractivity contribution is -0.120. The fourth-order valence-electron chi connectivity index (χ4n) is 3.61. The van der Waals surface area contributed by atoms with Crippen LogP contribution in [0.4, 0.5) is 0 Å². The Kier molecular flexibility index (Phi) is 6.20. The van der Waals surface area contributed by atoms with E-state index in [4.69, 9.17) is 10.3 Å². The van der Waals surface area contributed by atoms with Crippen LogP contribution in [-0.4, -0.2) is 34.5 Å². The van der Waals surface area contributed by atoms with Gasteiger partial charge in [-0.3, -0.25) is 14.5 Å². The molecular weight excluding hydrogens is 376 g/mol. The van der Waals surface area contributed by atoms with Crippen molar-refractivity contribution in [2.75, 3.05) is 6.54 Å². The summed E-state index contributed by atoms with van der Waals surface area (Å²) in [6.07, 6.45) is 1.34. The molecule has 3 rings (SSSR count). The monoisotopic (exact) mass is 404 g/mol.